The lowest BCUT2D eigenvalue weighted by Gasteiger charge is -2.41. The summed E-state index contributed by atoms with van der Waals surface area (Å²) < 4.78 is 6.77. The van der Waals surface area contributed by atoms with Crippen molar-refractivity contribution < 1.29 is 14.6 Å². The first-order valence-electron chi connectivity index (χ1n) is 10.1. The van der Waals surface area contributed by atoms with E-state index in [4.69, 9.17) is 4.74 Å². The molecule has 0 spiro atoms. The van der Waals surface area contributed by atoms with Crippen LogP contribution in [0.5, 0.6) is 5.75 Å². The van der Waals surface area contributed by atoms with E-state index in [0.717, 1.165) is 22.6 Å². The van der Waals surface area contributed by atoms with Crippen molar-refractivity contribution in [1.82, 2.24) is 15.1 Å². The van der Waals surface area contributed by atoms with E-state index in [1.165, 1.54) is 10.7 Å². The van der Waals surface area contributed by atoms with Gasteiger partial charge >= 0.3 is 0 Å². The molecule has 1 amide bonds. The van der Waals surface area contributed by atoms with Gasteiger partial charge in [0, 0.05) is 17.7 Å². The number of benzene rings is 1. The number of hydrogen-bond donors (Lipinski definition) is 2. The van der Waals surface area contributed by atoms with E-state index in [1.54, 1.807) is 6.92 Å². The summed E-state index contributed by atoms with van der Waals surface area (Å²) in [4.78, 5) is 25.0. The molecule has 156 valence electrons. The molecule has 0 saturated heterocycles. The highest BCUT2D eigenvalue weighted by atomic mass is 16.5. The molecule has 7 heteroatoms. The van der Waals surface area contributed by atoms with Crippen molar-refractivity contribution in [1.29, 1.82) is 0 Å². The van der Waals surface area contributed by atoms with Gasteiger partial charge in [0.2, 0.25) is 5.91 Å². The molecule has 29 heavy (non-hydrogen) atoms. The second kappa shape index (κ2) is 8.37. The molecule has 2 N–H and O–H groups in total. The van der Waals surface area contributed by atoms with Gasteiger partial charge in [0.1, 0.15) is 12.3 Å². The Balaban J connectivity index is 1.84. The number of aliphatic hydroxyl groups is 1. The largest absolute Gasteiger partial charge is 0.494 e. The second-order valence-electron chi connectivity index (χ2n) is 8.22. The maximum atomic E-state index is 12.7. The summed E-state index contributed by atoms with van der Waals surface area (Å²) in [5.41, 5.74) is 1.31. The molecule has 0 aliphatic heterocycles. The molecule has 2 aromatic rings. The third-order valence-corrected chi connectivity index (χ3v) is 5.06. The maximum Gasteiger partial charge on any atom is 0.267 e. The molecule has 0 bridgehead atoms. The lowest BCUT2D eigenvalue weighted by Crippen LogP contribution is -2.54. The quantitative estimate of drug-likeness (QED) is 0.746. The van der Waals surface area contributed by atoms with Gasteiger partial charge < -0.3 is 15.2 Å². The molecule has 1 fully saturated rings. The van der Waals surface area contributed by atoms with Gasteiger partial charge in [-0.25, -0.2) is 4.68 Å². The van der Waals surface area contributed by atoms with Gasteiger partial charge in [-0.3, -0.25) is 9.59 Å². The predicted octanol–water partition coefficient (Wildman–Crippen LogP) is 2.46. The minimum Gasteiger partial charge on any atom is -0.494 e. The number of amides is 1. The highest BCUT2D eigenvalue weighted by Crippen LogP contribution is 2.31. The Bertz CT molecular complexity index is 941. The summed E-state index contributed by atoms with van der Waals surface area (Å²) in [5, 5.41) is 17.1. The van der Waals surface area contributed by atoms with Crippen molar-refractivity contribution in [2.45, 2.75) is 64.6 Å². The number of nitrogens with zero attached hydrogens (tertiary/aromatic N) is 2. The topological polar surface area (TPSA) is 93.5 Å². The van der Waals surface area contributed by atoms with E-state index in [-0.39, 0.29) is 30.0 Å². The van der Waals surface area contributed by atoms with Gasteiger partial charge in [-0.1, -0.05) is 26.0 Å². The second-order valence-corrected chi connectivity index (χ2v) is 8.22. The zero-order chi connectivity index (χ0) is 21.2. The summed E-state index contributed by atoms with van der Waals surface area (Å²) in [5.74, 6) is 0.526. The van der Waals surface area contributed by atoms with E-state index in [0.29, 0.717) is 19.4 Å². The van der Waals surface area contributed by atoms with Gasteiger partial charge in [-0.15, -0.1) is 0 Å². The molecule has 3 rings (SSSR count). The minimum atomic E-state index is -0.713. The van der Waals surface area contributed by atoms with E-state index in [2.05, 4.69) is 10.4 Å². The summed E-state index contributed by atoms with van der Waals surface area (Å²) in [6, 6.07) is 9.05. The SMILES string of the molecule is CCOc1cccc(-c2cc(=O)n(CC(=O)N[C@H]3C[C@](C)(O)C3)nc2C(C)C)c1. The molecule has 0 unspecified atom stereocenters. The van der Waals surface area contributed by atoms with E-state index >= 15 is 0 Å². The highest BCUT2D eigenvalue weighted by molar-refractivity contribution is 5.76. The highest BCUT2D eigenvalue weighted by Gasteiger charge is 2.39. The number of ether oxygens (including phenoxy) is 1. The Morgan fingerprint density at radius 1 is 1.38 bits per heavy atom. The molecule has 7 nitrogen and oxygen atoms in total. The van der Waals surface area contributed by atoms with Crippen molar-refractivity contribution in [3.63, 3.8) is 0 Å². The molecule has 0 radical (unpaired) electrons. The normalized spacial score (nSPS) is 21.0. The summed E-state index contributed by atoms with van der Waals surface area (Å²) in [6.07, 6.45) is 1.04. The minimum absolute atomic E-state index is 0.0571. The molecule has 1 aliphatic carbocycles. The van der Waals surface area contributed by atoms with Crippen molar-refractivity contribution >= 4 is 5.91 Å². The molecule has 0 atom stereocenters. The third-order valence-electron chi connectivity index (χ3n) is 5.06. The average molecular weight is 399 g/mol. The Hall–Kier alpha value is -2.67. The number of carbonyl (C=O) groups excluding carboxylic acids is 1. The first kappa shape index (κ1) is 21.0. The standard InChI is InChI=1S/C22H29N3O4/c1-5-29-17-8-6-7-15(9-17)18-10-20(27)25(24-21(18)14(2)3)13-19(26)23-16-11-22(4,28)12-16/h6-10,14,16,28H,5,11-13H2,1-4H3,(H,23,26)/t16-,22-. The van der Waals surface area contributed by atoms with Crippen LogP contribution >= 0.6 is 0 Å². The van der Waals surface area contributed by atoms with Gasteiger partial charge in [-0.2, -0.15) is 5.10 Å². The number of aromatic nitrogens is 2. The summed E-state index contributed by atoms with van der Waals surface area (Å²) >= 11 is 0. The van der Waals surface area contributed by atoms with Crippen LogP contribution in [0, 0.1) is 0 Å². The van der Waals surface area contributed by atoms with Crippen LogP contribution in [-0.4, -0.2) is 39.0 Å². The number of hydrogen-bond acceptors (Lipinski definition) is 5. The molecule has 1 aliphatic rings. The van der Waals surface area contributed by atoms with Crippen LogP contribution in [0.1, 0.15) is 52.1 Å². The fourth-order valence-corrected chi connectivity index (χ4v) is 3.71. The number of carbonyl (C=O) groups is 1. The van der Waals surface area contributed by atoms with Crippen molar-refractivity contribution in [2.24, 2.45) is 0 Å². The van der Waals surface area contributed by atoms with Gasteiger partial charge in [0.05, 0.1) is 17.9 Å². The van der Waals surface area contributed by atoms with Crippen LogP contribution in [0.15, 0.2) is 35.1 Å². The monoisotopic (exact) mass is 399 g/mol. The van der Waals surface area contributed by atoms with Crippen molar-refractivity contribution in [2.75, 3.05) is 6.61 Å². The molecule has 1 aromatic carbocycles. The van der Waals surface area contributed by atoms with E-state index in [1.807, 2.05) is 45.0 Å². The molecular weight excluding hydrogens is 370 g/mol. The summed E-state index contributed by atoms with van der Waals surface area (Å²) in [7, 11) is 0. The molecule has 1 saturated carbocycles. The zero-order valence-corrected chi connectivity index (χ0v) is 17.4. The zero-order valence-electron chi connectivity index (χ0n) is 17.4. The Morgan fingerprint density at radius 2 is 2.10 bits per heavy atom. The van der Waals surface area contributed by atoms with Crippen LogP contribution in [0.3, 0.4) is 0 Å². The Kier molecular flexibility index (Phi) is 6.07. The van der Waals surface area contributed by atoms with Crippen LogP contribution in [0.4, 0.5) is 0 Å². The Labute approximate surface area is 170 Å². The van der Waals surface area contributed by atoms with Crippen LogP contribution < -0.4 is 15.6 Å². The number of nitrogens with one attached hydrogen (secondary N) is 1. The van der Waals surface area contributed by atoms with Crippen molar-refractivity contribution in [3.8, 4) is 16.9 Å². The fourth-order valence-electron chi connectivity index (χ4n) is 3.71. The molecule has 1 heterocycles. The van der Waals surface area contributed by atoms with Crippen LogP contribution in [-0.2, 0) is 11.3 Å². The van der Waals surface area contributed by atoms with Crippen LogP contribution in [0.2, 0.25) is 0 Å². The first-order chi connectivity index (χ1) is 13.7. The van der Waals surface area contributed by atoms with Gasteiger partial charge in [-0.05, 0) is 50.3 Å². The van der Waals surface area contributed by atoms with Gasteiger partial charge in [0.15, 0.2) is 0 Å². The number of rotatable bonds is 7. The predicted molar refractivity (Wildman–Crippen MR) is 111 cm³/mol. The lowest BCUT2D eigenvalue weighted by atomic mass is 9.77. The van der Waals surface area contributed by atoms with Crippen molar-refractivity contribution in [3.05, 3.63) is 46.4 Å². The lowest BCUT2D eigenvalue weighted by molar-refractivity contribution is -0.125. The first-order valence-corrected chi connectivity index (χ1v) is 10.1. The van der Waals surface area contributed by atoms with Crippen LogP contribution in [0.25, 0.3) is 11.1 Å². The maximum absolute atomic E-state index is 12.7. The fraction of sp³-hybridized carbons (Fsp3) is 0.500. The third kappa shape index (κ3) is 5.03. The summed E-state index contributed by atoms with van der Waals surface area (Å²) in [6.45, 7) is 8.09. The van der Waals surface area contributed by atoms with E-state index in [9.17, 15) is 14.7 Å². The van der Waals surface area contributed by atoms with E-state index < -0.39 is 5.60 Å². The smallest absolute Gasteiger partial charge is 0.267 e. The molecule has 1 aromatic heterocycles. The average Bonchev–Trinajstić information content (AvgIpc) is 2.62. The Morgan fingerprint density at radius 3 is 2.72 bits per heavy atom. The van der Waals surface area contributed by atoms with Gasteiger partial charge in [0.25, 0.3) is 5.56 Å². The molecular formula is C22H29N3O4.